The van der Waals surface area contributed by atoms with Crippen molar-refractivity contribution >= 4 is 30.5 Å². The van der Waals surface area contributed by atoms with Gasteiger partial charge in [-0.25, -0.2) is 0 Å². The van der Waals surface area contributed by atoms with E-state index in [0.717, 1.165) is 44.6 Å². The molecule has 0 saturated carbocycles. The number of hydrogen-bond acceptors (Lipinski definition) is 7. The van der Waals surface area contributed by atoms with Crippen LogP contribution in [0.15, 0.2) is 12.1 Å². The molecule has 1 aromatic carbocycles. The monoisotopic (exact) mass is 421 g/mol. The summed E-state index contributed by atoms with van der Waals surface area (Å²) >= 11 is 0. The number of hydrogen-bond donors (Lipinski definition) is 1. The molecular weight excluding hydrogens is 397 g/mol. The fourth-order valence-corrected chi connectivity index (χ4v) is 4.08. The second-order valence-corrected chi connectivity index (χ2v) is 6.70. The fraction of sp³-hybridized carbons (Fsp3) is 0.647. The summed E-state index contributed by atoms with van der Waals surface area (Å²) in [6.45, 7) is 5.11. The average Bonchev–Trinajstić information content (AvgIpc) is 3.10. The lowest BCUT2D eigenvalue weighted by atomic mass is 9.84. The molecule has 1 N–H and O–H groups in total. The van der Waals surface area contributed by atoms with E-state index in [0.29, 0.717) is 30.6 Å². The van der Waals surface area contributed by atoms with Gasteiger partial charge in [0.1, 0.15) is 0 Å². The summed E-state index contributed by atoms with van der Waals surface area (Å²) in [5.74, 6) is 1.40. The maximum Gasteiger partial charge on any atom is 0.278 e. The zero-order valence-corrected chi connectivity index (χ0v) is 16.6. The molecule has 3 heterocycles. The van der Waals surface area contributed by atoms with Crippen molar-refractivity contribution in [3.63, 3.8) is 0 Å². The number of fused-ring (bicyclic) bond motifs is 1. The van der Waals surface area contributed by atoms with Crippen LogP contribution in [-0.4, -0.2) is 56.0 Å². The van der Waals surface area contributed by atoms with Crippen LogP contribution < -0.4 is 14.8 Å². The Morgan fingerprint density at radius 1 is 1.11 bits per heavy atom. The molecule has 2 saturated heterocycles. The molecule has 10 heteroatoms. The Labute approximate surface area is 170 Å². The maximum absolute atomic E-state index is 11.7. The van der Waals surface area contributed by atoms with Gasteiger partial charge in [0.2, 0.25) is 6.79 Å². The molecule has 4 rings (SSSR count). The van der Waals surface area contributed by atoms with Gasteiger partial charge in [-0.15, -0.1) is 24.8 Å². The molecule has 0 bridgehead atoms. The number of nitrogens with one attached hydrogen (secondary N) is 1. The molecule has 0 aromatic heterocycles. The van der Waals surface area contributed by atoms with E-state index in [1.807, 2.05) is 6.07 Å². The van der Waals surface area contributed by atoms with Crippen molar-refractivity contribution in [3.05, 3.63) is 27.8 Å². The SMILES string of the molecule is Cl.Cl.O=[N+]([O-])c1cc2c(cc1[C@@H](C1CCOCC1)N1CCNCC1)OCO2. The Bertz CT molecular complexity index is 634. The van der Waals surface area contributed by atoms with Crippen molar-refractivity contribution in [2.45, 2.75) is 18.9 Å². The van der Waals surface area contributed by atoms with Crippen molar-refractivity contribution in [2.24, 2.45) is 5.92 Å². The highest BCUT2D eigenvalue weighted by molar-refractivity contribution is 5.85. The molecular formula is C17H25Cl2N3O5. The standard InChI is InChI=1S/C17H23N3O5.2ClH/c21-20(22)14-10-16-15(24-11-25-16)9-13(14)17(12-1-7-23-8-2-12)19-5-3-18-4-6-19;;/h9-10,12,17-18H,1-8,11H2;2*1H/t17-;;/m1../s1. The van der Waals surface area contributed by atoms with E-state index >= 15 is 0 Å². The Hall–Kier alpha value is -1.32. The molecule has 3 aliphatic heterocycles. The Balaban J connectivity index is 0.00000131. The smallest absolute Gasteiger partial charge is 0.278 e. The molecule has 152 valence electrons. The lowest BCUT2D eigenvalue weighted by molar-refractivity contribution is -0.386. The molecule has 8 nitrogen and oxygen atoms in total. The number of benzene rings is 1. The summed E-state index contributed by atoms with van der Waals surface area (Å²) in [5, 5.41) is 15.1. The van der Waals surface area contributed by atoms with Crippen LogP contribution >= 0.6 is 24.8 Å². The number of piperazine rings is 1. The van der Waals surface area contributed by atoms with E-state index in [-0.39, 0.29) is 48.3 Å². The summed E-state index contributed by atoms with van der Waals surface area (Å²) in [4.78, 5) is 13.8. The topological polar surface area (TPSA) is 86.1 Å². The van der Waals surface area contributed by atoms with E-state index in [4.69, 9.17) is 14.2 Å². The van der Waals surface area contributed by atoms with E-state index in [1.165, 1.54) is 6.07 Å². The summed E-state index contributed by atoms with van der Waals surface area (Å²) < 4.78 is 16.4. The van der Waals surface area contributed by atoms with E-state index < -0.39 is 0 Å². The third kappa shape index (κ3) is 4.57. The molecule has 0 aliphatic carbocycles. The van der Waals surface area contributed by atoms with Crippen molar-refractivity contribution in [3.8, 4) is 11.5 Å². The Morgan fingerprint density at radius 2 is 1.74 bits per heavy atom. The van der Waals surface area contributed by atoms with Gasteiger partial charge in [-0.05, 0) is 24.8 Å². The zero-order chi connectivity index (χ0) is 17.2. The first-order chi connectivity index (χ1) is 12.2. The molecule has 0 unspecified atom stereocenters. The summed E-state index contributed by atoms with van der Waals surface area (Å²) in [5.41, 5.74) is 0.863. The van der Waals surface area contributed by atoms with Gasteiger partial charge in [0.05, 0.1) is 16.6 Å². The quantitative estimate of drug-likeness (QED) is 0.590. The zero-order valence-electron chi connectivity index (χ0n) is 14.9. The minimum Gasteiger partial charge on any atom is -0.454 e. The van der Waals surface area contributed by atoms with E-state index in [2.05, 4.69) is 10.2 Å². The number of nitro benzene ring substituents is 1. The number of halogens is 2. The van der Waals surface area contributed by atoms with Crippen molar-refractivity contribution in [1.29, 1.82) is 0 Å². The minimum atomic E-state index is -0.300. The Morgan fingerprint density at radius 3 is 2.37 bits per heavy atom. The second kappa shape index (κ2) is 9.75. The van der Waals surface area contributed by atoms with Crippen LogP contribution in [0, 0.1) is 16.0 Å². The van der Waals surface area contributed by atoms with Crippen LogP contribution in [0.5, 0.6) is 11.5 Å². The number of rotatable bonds is 4. The highest BCUT2D eigenvalue weighted by Crippen LogP contribution is 2.45. The minimum absolute atomic E-state index is 0. The first-order valence-corrected chi connectivity index (χ1v) is 8.84. The molecule has 0 spiro atoms. The number of ether oxygens (including phenoxy) is 3. The lowest BCUT2D eigenvalue weighted by Gasteiger charge is -2.40. The van der Waals surface area contributed by atoms with E-state index in [1.54, 1.807) is 0 Å². The third-order valence-corrected chi connectivity index (χ3v) is 5.29. The van der Waals surface area contributed by atoms with Crippen LogP contribution in [0.2, 0.25) is 0 Å². The summed E-state index contributed by atoms with van der Waals surface area (Å²) in [6.07, 6.45) is 1.83. The number of nitrogens with zero attached hydrogens (tertiary/aromatic N) is 2. The van der Waals surface area contributed by atoms with Gasteiger partial charge in [0.15, 0.2) is 11.5 Å². The lowest BCUT2D eigenvalue weighted by Crippen LogP contribution is -2.47. The van der Waals surface area contributed by atoms with Gasteiger partial charge in [0, 0.05) is 45.4 Å². The molecule has 0 amide bonds. The van der Waals surface area contributed by atoms with Gasteiger partial charge in [0.25, 0.3) is 5.69 Å². The van der Waals surface area contributed by atoms with Crippen LogP contribution in [0.3, 0.4) is 0 Å². The third-order valence-electron chi connectivity index (χ3n) is 5.29. The fourth-order valence-electron chi connectivity index (χ4n) is 4.08. The molecule has 1 aromatic rings. The van der Waals surface area contributed by atoms with Gasteiger partial charge >= 0.3 is 0 Å². The van der Waals surface area contributed by atoms with Crippen LogP contribution in [0.25, 0.3) is 0 Å². The van der Waals surface area contributed by atoms with Gasteiger partial charge in [-0.1, -0.05) is 0 Å². The normalized spacial score (nSPS) is 21.0. The largest absolute Gasteiger partial charge is 0.454 e. The second-order valence-electron chi connectivity index (χ2n) is 6.70. The van der Waals surface area contributed by atoms with Gasteiger partial charge in [-0.2, -0.15) is 0 Å². The predicted molar refractivity (Wildman–Crippen MR) is 104 cm³/mol. The predicted octanol–water partition coefficient (Wildman–Crippen LogP) is 2.54. The number of nitro groups is 1. The highest BCUT2D eigenvalue weighted by atomic mass is 35.5. The average molecular weight is 422 g/mol. The summed E-state index contributed by atoms with van der Waals surface area (Å²) in [6, 6.07) is 3.34. The Kier molecular flexibility index (Phi) is 7.93. The molecule has 3 aliphatic rings. The van der Waals surface area contributed by atoms with Crippen molar-refractivity contribution in [2.75, 3.05) is 46.2 Å². The van der Waals surface area contributed by atoms with Crippen LogP contribution in [0.4, 0.5) is 5.69 Å². The van der Waals surface area contributed by atoms with Gasteiger partial charge < -0.3 is 19.5 Å². The first kappa shape index (κ1) is 22.0. The van der Waals surface area contributed by atoms with Crippen molar-refractivity contribution < 1.29 is 19.1 Å². The maximum atomic E-state index is 11.7. The van der Waals surface area contributed by atoms with E-state index in [9.17, 15) is 10.1 Å². The highest BCUT2D eigenvalue weighted by Gasteiger charge is 2.37. The molecule has 0 radical (unpaired) electrons. The van der Waals surface area contributed by atoms with Crippen molar-refractivity contribution in [1.82, 2.24) is 10.2 Å². The van der Waals surface area contributed by atoms with Gasteiger partial charge in [-0.3, -0.25) is 15.0 Å². The van der Waals surface area contributed by atoms with Crippen LogP contribution in [-0.2, 0) is 4.74 Å². The van der Waals surface area contributed by atoms with Crippen LogP contribution in [0.1, 0.15) is 24.4 Å². The first-order valence-electron chi connectivity index (χ1n) is 8.84. The molecule has 2 fully saturated rings. The molecule has 1 atom stereocenters. The molecule has 27 heavy (non-hydrogen) atoms. The summed E-state index contributed by atoms with van der Waals surface area (Å²) in [7, 11) is 0.